The van der Waals surface area contributed by atoms with Gasteiger partial charge in [0, 0.05) is 18.1 Å². The average molecular weight is 264 g/mol. The van der Waals surface area contributed by atoms with E-state index >= 15 is 0 Å². The van der Waals surface area contributed by atoms with Crippen LogP contribution >= 0.6 is 0 Å². The standard InChI is InChI=1S/C17H32N2/c1-16(2)10-5-4-7-15(16)19-12-6-11-18-17(3,13-19)14-8-9-14/h14-15,18H,4-13H2,1-3H3. The van der Waals surface area contributed by atoms with Gasteiger partial charge in [-0.1, -0.05) is 26.7 Å². The topological polar surface area (TPSA) is 15.3 Å². The summed E-state index contributed by atoms with van der Waals surface area (Å²) in [6.07, 6.45) is 9.95. The molecule has 19 heavy (non-hydrogen) atoms. The Bertz CT molecular complexity index is 321. The quantitative estimate of drug-likeness (QED) is 0.822. The second-order valence-electron chi connectivity index (χ2n) is 8.19. The van der Waals surface area contributed by atoms with E-state index in [1.807, 2.05) is 0 Å². The highest BCUT2D eigenvalue weighted by Crippen LogP contribution is 2.43. The van der Waals surface area contributed by atoms with Crippen LogP contribution in [0, 0.1) is 11.3 Å². The van der Waals surface area contributed by atoms with Crippen LogP contribution in [0.5, 0.6) is 0 Å². The van der Waals surface area contributed by atoms with Crippen LogP contribution in [0.15, 0.2) is 0 Å². The summed E-state index contributed by atoms with van der Waals surface area (Å²) in [6.45, 7) is 11.3. The first-order chi connectivity index (χ1) is 9.01. The molecule has 1 N–H and O–H groups in total. The smallest absolute Gasteiger partial charge is 0.0308 e. The van der Waals surface area contributed by atoms with E-state index in [0.29, 0.717) is 11.0 Å². The predicted octanol–water partition coefficient (Wildman–Crippen LogP) is 3.42. The van der Waals surface area contributed by atoms with Gasteiger partial charge in [-0.15, -0.1) is 0 Å². The fourth-order valence-electron chi connectivity index (χ4n) is 4.63. The van der Waals surface area contributed by atoms with Gasteiger partial charge in [-0.25, -0.2) is 0 Å². The van der Waals surface area contributed by atoms with Gasteiger partial charge in [0.25, 0.3) is 0 Å². The Labute approximate surface area is 119 Å². The van der Waals surface area contributed by atoms with Gasteiger partial charge in [0.1, 0.15) is 0 Å². The Hall–Kier alpha value is -0.0800. The van der Waals surface area contributed by atoms with Gasteiger partial charge < -0.3 is 5.32 Å². The summed E-state index contributed by atoms with van der Waals surface area (Å²) in [5.74, 6) is 0.944. The van der Waals surface area contributed by atoms with Crippen LogP contribution < -0.4 is 5.32 Å². The summed E-state index contributed by atoms with van der Waals surface area (Å²) < 4.78 is 0. The summed E-state index contributed by atoms with van der Waals surface area (Å²) in [7, 11) is 0. The third-order valence-electron chi connectivity index (χ3n) is 6.05. The summed E-state index contributed by atoms with van der Waals surface area (Å²) >= 11 is 0. The SMILES string of the molecule is CC1(C)CCCCC1N1CCCNC(C)(C2CC2)C1. The van der Waals surface area contributed by atoms with Crippen LogP contribution in [0.1, 0.15) is 65.7 Å². The summed E-state index contributed by atoms with van der Waals surface area (Å²) in [4.78, 5) is 2.86. The molecule has 1 saturated heterocycles. The van der Waals surface area contributed by atoms with E-state index in [1.54, 1.807) is 0 Å². The van der Waals surface area contributed by atoms with E-state index in [0.717, 1.165) is 12.0 Å². The van der Waals surface area contributed by atoms with E-state index < -0.39 is 0 Å². The minimum absolute atomic E-state index is 0.393. The zero-order valence-corrected chi connectivity index (χ0v) is 13.2. The molecule has 2 saturated carbocycles. The van der Waals surface area contributed by atoms with E-state index in [-0.39, 0.29) is 0 Å². The fraction of sp³-hybridized carbons (Fsp3) is 1.00. The first kappa shape index (κ1) is 13.9. The van der Waals surface area contributed by atoms with Crippen LogP contribution in [0.3, 0.4) is 0 Å². The Morgan fingerprint density at radius 1 is 1.00 bits per heavy atom. The lowest BCUT2D eigenvalue weighted by Crippen LogP contribution is -2.56. The normalized spacial score (nSPS) is 40.9. The van der Waals surface area contributed by atoms with Crippen molar-refractivity contribution in [3.63, 3.8) is 0 Å². The number of hydrogen-bond acceptors (Lipinski definition) is 2. The van der Waals surface area contributed by atoms with Crippen molar-refractivity contribution < 1.29 is 0 Å². The molecule has 2 unspecified atom stereocenters. The first-order valence-electron chi connectivity index (χ1n) is 8.50. The van der Waals surface area contributed by atoms with Gasteiger partial charge in [0.15, 0.2) is 0 Å². The second kappa shape index (κ2) is 5.04. The lowest BCUT2D eigenvalue weighted by Gasteiger charge is -2.47. The highest BCUT2D eigenvalue weighted by atomic mass is 15.2. The zero-order valence-electron chi connectivity index (χ0n) is 13.2. The Morgan fingerprint density at radius 3 is 2.47 bits per heavy atom. The van der Waals surface area contributed by atoms with Crippen LogP contribution in [0.25, 0.3) is 0 Å². The highest BCUT2D eigenvalue weighted by molar-refractivity contribution is 5.03. The van der Waals surface area contributed by atoms with E-state index in [2.05, 4.69) is 31.0 Å². The minimum Gasteiger partial charge on any atom is -0.310 e. The van der Waals surface area contributed by atoms with Crippen molar-refractivity contribution in [3.8, 4) is 0 Å². The van der Waals surface area contributed by atoms with Gasteiger partial charge >= 0.3 is 0 Å². The van der Waals surface area contributed by atoms with E-state index in [9.17, 15) is 0 Å². The monoisotopic (exact) mass is 264 g/mol. The third-order valence-corrected chi connectivity index (χ3v) is 6.05. The average Bonchev–Trinajstić information content (AvgIpc) is 3.15. The van der Waals surface area contributed by atoms with Gasteiger partial charge in [-0.05, 0) is 63.5 Å². The third kappa shape index (κ3) is 2.85. The molecule has 3 aliphatic rings. The van der Waals surface area contributed by atoms with Crippen molar-refractivity contribution in [2.24, 2.45) is 11.3 Å². The number of nitrogens with zero attached hydrogens (tertiary/aromatic N) is 1. The number of hydrogen-bond donors (Lipinski definition) is 1. The van der Waals surface area contributed by atoms with Gasteiger partial charge in [-0.3, -0.25) is 4.90 Å². The Balaban J connectivity index is 1.74. The molecular formula is C17H32N2. The van der Waals surface area contributed by atoms with Crippen LogP contribution in [-0.4, -0.2) is 36.1 Å². The molecular weight excluding hydrogens is 232 g/mol. The predicted molar refractivity (Wildman–Crippen MR) is 81.4 cm³/mol. The highest BCUT2D eigenvalue weighted by Gasteiger charge is 2.46. The molecule has 0 radical (unpaired) electrons. The Kier molecular flexibility index (Phi) is 3.68. The van der Waals surface area contributed by atoms with Crippen molar-refractivity contribution in [2.75, 3.05) is 19.6 Å². The van der Waals surface area contributed by atoms with Crippen LogP contribution in [0.4, 0.5) is 0 Å². The van der Waals surface area contributed by atoms with E-state index in [1.165, 1.54) is 64.6 Å². The molecule has 0 aromatic carbocycles. The molecule has 2 atom stereocenters. The molecule has 0 aromatic heterocycles. The lowest BCUT2D eigenvalue weighted by atomic mass is 9.72. The Morgan fingerprint density at radius 2 is 1.79 bits per heavy atom. The molecule has 1 aliphatic heterocycles. The summed E-state index contributed by atoms with van der Waals surface area (Å²) in [5, 5.41) is 3.87. The maximum Gasteiger partial charge on any atom is 0.0308 e. The van der Waals surface area contributed by atoms with Crippen molar-refractivity contribution in [1.29, 1.82) is 0 Å². The van der Waals surface area contributed by atoms with Crippen molar-refractivity contribution in [1.82, 2.24) is 10.2 Å². The lowest BCUT2D eigenvalue weighted by molar-refractivity contribution is 0.0352. The molecule has 3 rings (SSSR count). The van der Waals surface area contributed by atoms with Crippen LogP contribution in [-0.2, 0) is 0 Å². The molecule has 0 amide bonds. The minimum atomic E-state index is 0.393. The molecule has 2 heteroatoms. The molecule has 2 aliphatic carbocycles. The first-order valence-corrected chi connectivity index (χ1v) is 8.50. The molecule has 0 bridgehead atoms. The largest absolute Gasteiger partial charge is 0.310 e. The molecule has 0 spiro atoms. The van der Waals surface area contributed by atoms with Crippen molar-refractivity contribution in [3.05, 3.63) is 0 Å². The number of nitrogens with one attached hydrogen (secondary N) is 1. The fourth-order valence-corrected chi connectivity index (χ4v) is 4.63. The van der Waals surface area contributed by atoms with Gasteiger partial charge in [0.05, 0.1) is 0 Å². The van der Waals surface area contributed by atoms with Gasteiger partial charge in [-0.2, -0.15) is 0 Å². The molecule has 0 aromatic rings. The van der Waals surface area contributed by atoms with E-state index in [4.69, 9.17) is 0 Å². The molecule has 110 valence electrons. The summed E-state index contributed by atoms with van der Waals surface area (Å²) in [6, 6.07) is 0.819. The zero-order chi connectivity index (χ0) is 13.5. The molecule has 1 heterocycles. The van der Waals surface area contributed by atoms with Gasteiger partial charge in [0.2, 0.25) is 0 Å². The summed E-state index contributed by atoms with van der Waals surface area (Å²) in [5.41, 5.74) is 0.914. The molecule has 3 fully saturated rings. The maximum absolute atomic E-state index is 3.87. The molecule has 2 nitrogen and oxygen atoms in total. The van der Waals surface area contributed by atoms with Crippen molar-refractivity contribution >= 4 is 0 Å². The maximum atomic E-state index is 3.87. The number of rotatable bonds is 2. The second-order valence-corrected chi connectivity index (χ2v) is 8.19. The van der Waals surface area contributed by atoms with Crippen LogP contribution in [0.2, 0.25) is 0 Å². The van der Waals surface area contributed by atoms with Crippen molar-refractivity contribution in [2.45, 2.75) is 77.3 Å².